The van der Waals surface area contributed by atoms with Gasteiger partial charge in [-0.05, 0) is 11.6 Å². The minimum Gasteiger partial charge on any atom is -0.340 e. The van der Waals surface area contributed by atoms with E-state index < -0.39 is 10.0 Å². The van der Waals surface area contributed by atoms with Gasteiger partial charge in [0.2, 0.25) is 15.9 Å². The minimum atomic E-state index is -3.40. The van der Waals surface area contributed by atoms with Gasteiger partial charge in [0.1, 0.15) is 0 Å². The Balaban J connectivity index is 2.05. The summed E-state index contributed by atoms with van der Waals surface area (Å²) in [5, 5.41) is 0.457. The Morgan fingerprint density at radius 2 is 1.80 bits per heavy atom. The minimum absolute atomic E-state index is 0.0202. The molecule has 0 saturated carbocycles. The van der Waals surface area contributed by atoms with Gasteiger partial charge in [-0.25, -0.2) is 8.42 Å². The van der Waals surface area contributed by atoms with Gasteiger partial charge in [0, 0.05) is 38.1 Å². The van der Waals surface area contributed by atoms with Gasteiger partial charge in [-0.3, -0.25) is 4.79 Å². The van der Waals surface area contributed by atoms with Crippen molar-refractivity contribution in [2.45, 2.75) is 12.7 Å². The molecule has 110 valence electrons. The van der Waals surface area contributed by atoms with Crippen molar-refractivity contribution in [3.05, 3.63) is 34.9 Å². The van der Waals surface area contributed by atoms with Crippen LogP contribution in [0.1, 0.15) is 12.5 Å². The number of rotatable bonds is 3. The first-order valence-corrected chi connectivity index (χ1v) is 8.35. The van der Waals surface area contributed by atoms with Crippen molar-refractivity contribution < 1.29 is 13.2 Å². The zero-order valence-corrected chi connectivity index (χ0v) is 12.8. The van der Waals surface area contributed by atoms with E-state index >= 15 is 0 Å². The fourth-order valence-electron chi connectivity index (χ4n) is 2.18. The summed E-state index contributed by atoms with van der Waals surface area (Å²) in [4.78, 5) is 12.9. The first-order valence-electron chi connectivity index (χ1n) is 6.37. The third-order valence-electron chi connectivity index (χ3n) is 3.37. The predicted molar refractivity (Wildman–Crippen MR) is 77.9 cm³/mol. The number of hydrogen-bond acceptors (Lipinski definition) is 3. The molecule has 0 N–H and O–H groups in total. The van der Waals surface area contributed by atoms with E-state index in [1.807, 2.05) is 0 Å². The lowest BCUT2D eigenvalue weighted by molar-refractivity contribution is -0.129. The Hall–Kier alpha value is -1.11. The molecule has 1 saturated heterocycles. The zero-order chi connectivity index (χ0) is 14.8. The molecule has 0 atom stereocenters. The molecule has 0 radical (unpaired) electrons. The number of carbonyl (C=O) groups is 1. The van der Waals surface area contributed by atoms with Crippen LogP contribution in [0, 0.1) is 0 Å². The molecule has 20 heavy (non-hydrogen) atoms. The molecule has 7 heteroatoms. The molecule has 0 bridgehead atoms. The topological polar surface area (TPSA) is 57.7 Å². The maximum Gasteiger partial charge on any atom is 0.219 e. The Kier molecular flexibility index (Phi) is 4.67. The van der Waals surface area contributed by atoms with Crippen LogP contribution in [0.4, 0.5) is 0 Å². The van der Waals surface area contributed by atoms with Crippen LogP contribution in [0.3, 0.4) is 0 Å². The molecule has 1 aromatic carbocycles. The predicted octanol–water partition coefficient (Wildman–Crippen LogP) is 1.33. The van der Waals surface area contributed by atoms with Crippen LogP contribution in [-0.2, 0) is 20.6 Å². The van der Waals surface area contributed by atoms with Crippen LogP contribution in [0.15, 0.2) is 24.3 Å². The average molecular weight is 317 g/mol. The van der Waals surface area contributed by atoms with E-state index in [9.17, 15) is 13.2 Å². The largest absolute Gasteiger partial charge is 0.340 e. The van der Waals surface area contributed by atoms with Crippen molar-refractivity contribution in [2.75, 3.05) is 26.2 Å². The second kappa shape index (κ2) is 6.11. The molecule has 0 spiro atoms. The Morgan fingerprint density at radius 1 is 1.20 bits per heavy atom. The van der Waals surface area contributed by atoms with Gasteiger partial charge in [-0.1, -0.05) is 29.8 Å². The molecular formula is C13H17ClN2O3S. The number of hydrogen-bond donors (Lipinski definition) is 0. The van der Waals surface area contributed by atoms with Gasteiger partial charge in [0.15, 0.2) is 0 Å². The van der Waals surface area contributed by atoms with Crippen molar-refractivity contribution in [3.63, 3.8) is 0 Å². The number of amides is 1. The number of sulfonamides is 1. The second-order valence-electron chi connectivity index (χ2n) is 4.75. The maximum absolute atomic E-state index is 12.3. The van der Waals surface area contributed by atoms with Gasteiger partial charge in [0.05, 0.1) is 5.75 Å². The number of halogens is 1. The summed E-state index contributed by atoms with van der Waals surface area (Å²) >= 11 is 6.00. The first kappa shape index (κ1) is 15.3. The van der Waals surface area contributed by atoms with Crippen LogP contribution in [0.2, 0.25) is 5.02 Å². The van der Waals surface area contributed by atoms with E-state index in [0.29, 0.717) is 36.8 Å². The molecular weight excluding hydrogens is 300 g/mol. The van der Waals surface area contributed by atoms with E-state index in [4.69, 9.17) is 11.6 Å². The summed E-state index contributed by atoms with van der Waals surface area (Å²) in [6, 6.07) is 6.93. The molecule has 1 amide bonds. The van der Waals surface area contributed by atoms with Crippen molar-refractivity contribution in [1.29, 1.82) is 0 Å². The quantitative estimate of drug-likeness (QED) is 0.845. The highest BCUT2D eigenvalue weighted by Crippen LogP contribution is 2.20. The maximum atomic E-state index is 12.3. The van der Waals surface area contributed by atoms with Crippen molar-refractivity contribution in [1.82, 2.24) is 9.21 Å². The molecule has 1 aliphatic heterocycles. The summed E-state index contributed by atoms with van der Waals surface area (Å²) in [7, 11) is -3.40. The molecule has 0 unspecified atom stereocenters. The summed E-state index contributed by atoms with van der Waals surface area (Å²) in [5.74, 6) is -0.125. The smallest absolute Gasteiger partial charge is 0.219 e. The number of piperazine rings is 1. The number of carbonyl (C=O) groups excluding carboxylic acids is 1. The summed E-state index contributed by atoms with van der Waals surface area (Å²) < 4.78 is 26.1. The highest BCUT2D eigenvalue weighted by molar-refractivity contribution is 7.88. The Labute approximate surface area is 124 Å². The van der Waals surface area contributed by atoms with E-state index in [-0.39, 0.29) is 11.7 Å². The third kappa shape index (κ3) is 3.50. The average Bonchev–Trinajstić information content (AvgIpc) is 2.41. The lowest BCUT2D eigenvalue weighted by Gasteiger charge is -2.33. The standard InChI is InChI=1S/C13H17ClN2O3S/c1-11(17)15-6-8-16(9-7-15)20(18,19)10-12-4-2-3-5-13(12)14/h2-5H,6-10H2,1H3. The van der Waals surface area contributed by atoms with Gasteiger partial charge in [-0.15, -0.1) is 0 Å². The van der Waals surface area contributed by atoms with Gasteiger partial charge in [-0.2, -0.15) is 4.31 Å². The monoisotopic (exact) mass is 316 g/mol. The molecule has 0 aliphatic carbocycles. The Bertz CT molecular complexity index is 595. The zero-order valence-electron chi connectivity index (χ0n) is 11.3. The lowest BCUT2D eigenvalue weighted by atomic mass is 10.2. The number of benzene rings is 1. The highest BCUT2D eigenvalue weighted by atomic mass is 35.5. The van der Waals surface area contributed by atoms with Gasteiger partial charge >= 0.3 is 0 Å². The van der Waals surface area contributed by atoms with Crippen LogP contribution in [-0.4, -0.2) is 49.7 Å². The fraction of sp³-hybridized carbons (Fsp3) is 0.462. The molecule has 1 fully saturated rings. The SMILES string of the molecule is CC(=O)N1CCN(S(=O)(=O)Cc2ccccc2Cl)CC1. The molecule has 5 nitrogen and oxygen atoms in total. The van der Waals surface area contributed by atoms with Crippen molar-refractivity contribution in [3.8, 4) is 0 Å². The first-order chi connectivity index (χ1) is 9.40. The van der Waals surface area contributed by atoms with Crippen molar-refractivity contribution >= 4 is 27.5 Å². The molecule has 1 aromatic rings. The second-order valence-corrected chi connectivity index (χ2v) is 7.13. The molecule has 2 rings (SSSR count). The van der Waals surface area contributed by atoms with E-state index in [1.165, 1.54) is 11.2 Å². The van der Waals surface area contributed by atoms with Crippen LogP contribution in [0.25, 0.3) is 0 Å². The van der Waals surface area contributed by atoms with Crippen molar-refractivity contribution in [2.24, 2.45) is 0 Å². The van der Waals surface area contributed by atoms with Gasteiger partial charge < -0.3 is 4.90 Å². The molecule has 1 heterocycles. The highest BCUT2D eigenvalue weighted by Gasteiger charge is 2.28. The lowest BCUT2D eigenvalue weighted by Crippen LogP contribution is -2.50. The summed E-state index contributed by atoms with van der Waals surface area (Å²) in [6.45, 7) is 3.06. The van der Waals surface area contributed by atoms with E-state index in [0.717, 1.165) is 0 Å². The van der Waals surface area contributed by atoms with Gasteiger partial charge in [0.25, 0.3) is 0 Å². The Morgan fingerprint density at radius 3 is 2.35 bits per heavy atom. The summed E-state index contributed by atoms with van der Waals surface area (Å²) in [6.07, 6.45) is 0. The van der Waals surface area contributed by atoms with E-state index in [2.05, 4.69) is 0 Å². The van der Waals surface area contributed by atoms with Crippen LogP contribution in [0.5, 0.6) is 0 Å². The molecule has 1 aliphatic rings. The van der Waals surface area contributed by atoms with Crippen LogP contribution < -0.4 is 0 Å². The van der Waals surface area contributed by atoms with E-state index in [1.54, 1.807) is 29.2 Å². The number of nitrogens with zero attached hydrogens (tertiary/aromatic N) is 2. The normalized spacial score (nSPS) is 17.2. The van der Waals surface area contributed by atoms with Crippen LogP contribution >= 0.6 is 11.6 Å². The summed E-state index contributed by atoms with van der Waals surface area (Å²) in [5.41, 5.74) is 0.600. The fourth-order valence-corrected chi connectivity index (χ4v) is 4.01. The molecule has 0 aromatic heterocycles. The third-order valence-corrected chi connectivity index (χ3v) is 5.57.